The molecule has 142 valence electrons. The van der Waals surface area contributed by atoms with Crippen LogP contribution in [0.25, 0.3) is 0 Å². The van der Waals surface area contributed by atoms with E-state index in [4.69, 9.17) is 4.74 Å². The van der Waals surface area contributed by atoms with E-state index in [1.54, 1.807) is 0 Å². The third kappa shape index (κ3) is 8.67. The maximum Gasteiger partial charge on any atom is 0.191 e. The topological polar surface area (TPSA) is 45.7 Å². The Kier molecular flexibility index (Phi) is 11.7. The van der Waals surface area contributed by atoms with Crippen LogP contribution in [0.4, 0.5) is 0 Å². The van der Waals surface area contributed by atoms with Gasteiger partial charge in [-0.3, -0.25) is 0 Å². The summed E-state index contributed by atoms with van der Waals surface area (Å²) < 4.78 is 5.82. The quantitative estimate of drug-likeness (QED) is 0.325. The summed E-state index contributed by atoms with van der Waals surface area (Å²) in [5, 5.41) is 6.59. The van der Waals surface area contributed by atoms with Crippen LogP contribution in [0.2, 0.25) is 0 Å². The number of nitrogens with zero attached hydrogens (tertiary/aromatic N) is 1. The molecule has 5 heteroatoms. The zero-order chi connectivity index (χ0) is 17.7. The zero-order valence-corrected chi connectivity index (χ0v) is 18.0. The molecule has 0 aliphatic carbocycles. The fourth-order valence-electron chi connectivity index (χ4n) is 2.43. The van der Waals surface area contributed by atoms with Gasteiger partial charge in [-0.05, 0) is 30.0 Å². The summed E-state index contributed by atoms with van der Waals surface area (Å²) in [6.07, 6.45) is 1.08. The first kappa shape index (κ1) is 22.4. The Bertz CT molecular complexity index is 647. The molecule has 2 aromatic rings. The Morgan fingerprint density at radius 1 is 0.885 bits per heavy atom. The van der Waals surface area contributed by atoms with E-state index in [0.29, 0.717) is 19.8 Å². The monoisotopic (exact) mass is 467 g/mol. The van der Waals surface area contributed by atoms with E-state index in [-0.39, 0.29) is 24.0 Å². The molecule has 0 aromatic heterocycles. The van der Waals surface area contributed by atoms with Crippen LogP contribution in [-0.2, 0) is 24.5 Å². The molecule has 0 unspecified atom stereocenters. The molecule has 0 saturated heterocycles. The first-order chi connectivity index (χ1) is 12.3. The summed E-state index contributed by atoms with van der Waals surface area (Å²) in [6.45, 7) is 7.92. The van der Waals surface area contributed by atoms with E-state index in [0.717, 1.165) is 25.5 Å². The molecule has 26 heavy (non-hydrogen) atoms. The number of hydrogen-bond donors (Lipinski definition) is 2. The van der Waals surface area contributed by atoms with Gasteiger partial charge in [0.15, 0.2) is 5.96 Å². The van der Waals surface area contributed by atoms with Crippen LogP contribution in [-0.4, -0.2) is 19.0 Å². The van der Waals surface area contributed by atoms with Crippen molar-refractivity contribution in [3.8, 4) is 0 Å². The van der Waals surface area contributed by atoms with Crippen LogP contribution in [0.3, 0.4) is 0 Å². The highest BCUT2D eigenvalue weighted by Gasteiger charge is 1.99. The summed E-state index contributed by atoms with van der Waals surface area (Å²) in [5.41, 5.74) is 3.56. The molecule has 0 aliphatic rings. The normalized spacial score (nSPS) is 10.9. The highest BCUT2D eigenvalue weighted by atomic mass is 127. The average molecular weight is 467 g/mol. The van der Waals surface area contributed by atoms with Crippen molar-refractivity contribution >= 4 is 29.9 Å². The van der Waals surface area contributed by atoms with Gasteiger partial charge < -0.3 is 15.4 Å². The maximum atomic E-state index is 5.82. The standard InChI is InChI=1S/C21H29N3O.HI/c1-3-13-23-21(22-4-2)24-15-19-11-8-12-20(14-19)17-25-16-18-9-6-5-7-10-18;/h5-12,14H,3-4,13,15-17H2,1-2H3,(H2,22,23,24);1H. The molecule has 0 heterocycles. The van der Waals surface area contributed by atoms with Crippen LogP contribution in [0, 0.1) is 0 Å². The molecule has 0 radical (unpaired) electrons. The number of ether oxygens (including phenoxy) is 1. The van der Waals surface area contributed by atoms with Crippen LogP contribution >= 0.6 is 24.0 Å². The van der Waals surface area contributed by atoms with Crippen molar-refractivity contribution in [3.63, 3.8) is 0 Å². The van der Waals surface area contributed by atoms with Crippen LogP contribution in [0.15, 0.2) is 59.6 Å². The van der Waals surface area contributed by atoms with Gasteiger partial charge in [0.25, 0.3) is 0 Å². The average Bonchev–Trinajstić information content (AvgIpc) is 2.65. The summed E-state index contributed by atoms with van der Waals surface area (Å²) in [6, 6.07) is 18.7. The Morgan fingerprint density at radius 2 is 1.58 bits per heavy atom. The molecule has 2 rings (SSSR count). The number of nitrogens with one attached hydrogen (secondary N) is 2. The van der Waals surface area contributed by atoms with Crippen molar-refractivity contribution in [1.29, 1.82) is 0 Å². The van der Waals surface area contributed by atoms with Crippen LogP contribution in [0.1, 0.15) is 37.0 Å². The van der Waals surface area contributed by atoms with Crippen molar-refractivity contribution in [2.45, 2.75) is 40.0 Å². The predicted molar refractivity (Wildman–Crippen MR) is 120 cm³/mol. The number of halogens is 1. The molecule has 0 saturated carbocycles. The summed E-state index contributed by atoms with van der Waals surface area (Å²) >= 11 is 0. The highest BCUT2D eigenvalue weighted by molar-refractivity contribution is 14.0. The van der Waals surface area contributed by atoms with Crippen molar-refractivity contribution in [2.75, 3.05) is 13.1 Å². The third-order valence-electron chi connectivity index (χ3n) is 3.68. The molecular formula is C21H30IN3O. The van der Waals surface area contributed by atoms with Crippen molar-refractivity contribution in [1.82, 2.24) is 10.6 Å². The molecule has 0 atom stereocenters. The van der Waals surface area contributed by atoms with Crippen LogP contribution in [0.5, 0.6) is 0 Å². The minimum absolute atomic E-state index is 0. The third-order valence-corrected chi connectivity index (χ3v) is 3.68. The van der Waals surface area contributed by atoms with Gasteiger partial charge in [0.2, 0.25) is 0 Å². The summed E-state index contributed by atoms with van der Waals surface area (Å²) in [7, 11) is 0. The molecule has 0 bridgehead atoms. The molecule has 2 N–H and O–H groups in total. The second-order valence-corrected chi connectivity index (χ2v) is 5.92. The van der Waals surface area contributed by atoms with Gasteiger partial charge in [0.1, 0.15) is 0 Å². The van der Waals surface area contributed by atoms with E-state index in [1.807, 2.05) is 18.2 Å². The first-order valence-electron chi connectivity index (χ1n) is 9.03. The van der Waals surface area contributed by atoms with E-state index < -0.39 is 0 Å². The molecule has 0 amide bonds. The Morgan fingerprint density at radius 3 is 2.31 bits per heavy atom. The molecular weight excluding hydrogens is 437 g/mol. The lowest BCUT2D eigenvalue weighted by Gasteiger charge is -2.10. The van der Waals surface area contributed by atoms with E-state index >= 15 is 0 Å². The SMILES string of the molecule is CCCNC(=NCc1cccc(COCc2ccccc2)c1)NCC.I. The van der Waals surface area contributed by atoms with Gasteiger partial charge >= 0.3 is 0 Å². The predicted octanol–water partition coefficient (Wildman–Crippen LogP) is 4.49. The Balaban J connectivity index is 0.00000338. The second kappa shape index (κ2) is 13.6. The van der Waals surface area contributed by atoms with Gasteiger partial charge in [0.05, 0.1) is 19.8 Å². The van der Waals surface area contributed by atoms with Gasteiger partial charge in [-0.1, -0.05) is 61.5 Å². The second-order valence-electron chi connectivity index (χ2n) is 5.92. The van der Waals surface area contributed by atoms with E-state index in [9.17, 15) is 0 Å². The maximum absolute atomic E-state index is 5.82. The molecule has 0 spiro atoms. The molecule has 2 aromatic carbocycles. The fraction of sp³-hybridized carbons (Fsp3) is 0.381. The van der Waals surface area contributed by atoms with Gasteiger partial charge in [-0.15, -0.1) is 24.0 Å². The zero-order valence-electron chi connectivity index (χ0n) is 15.7. The summed E-state index contributed by atoms with van der Waals surface area (Å²) in [5.74, 6) is 0.870. The van der Waals surface area contributed by atoms with E-state index in [1.165, 1.54) is 16.7 Å². The van der Waals surface area contributed by atoms with Crippen molar-refractivity contribution in [2.24, 2.45) is 4.99 Å². The number of guanidine groups is 1. The largest absolute Gasteiger partial charge is 0.372 e. The van der Waals surface area contributed by atoms with Gasteiger partial charge in [-0.2, -0.15) is 0 Å². The number of benzene rings is 2. The lowest BCUT2D eigenvalue weighted by Crippen LogP contribution is -2.37. The smallest absolute Gasteiger partial charge is 0.191 e. The van der Waals surface area contributed by atoms with Crippen molar-refractivity contribution < 1.29 is 4.74 Å². The molecule has 0 aliphatic heterocycles. The molecule has 0 fully saturated rings. The number of aliphatic imine (C=N–C) groups is 1. The van der Waals surface area contributed by atoms with Crippen molar-refractivity contribution in [3.05, 3.63) is 71.3 Å². The first-order valence-corrected chi connectivity index (χ1v) is 9.03. The highest BCUT2D eigenvalue weighted by Crippen LogP contribution is 2.10. The van der Waals surface area contributed by atoms with Crippen LogP contribution < -0.4 is 10.6 Å². The van der Waals surface area contributed by atoms with E-state index in [2.05, 4.69) is 65.9 Å². The number of rotatable bonds is 9. The van der Waals surface area contributed by atoms with Gasteiger partial charge in [-0.25, -0.2) is 4.99 Å². The van der Waals surface area contributed by atoms with Gasteiger partial charge in [0, 0.05) is 13.1 Å². The number of hydrogen-bond acceptors (Lipinski definition) is 2. The fourth-order valence-corrected chi connectivity index (χ4v) is 2.43. The minimum atomic E-state index is 0. The Hall–Kier alpha value is -1.60. The lowest BCUT2D eigenvalue weighted by atomic mass is 10.1. The lowest BCUT2D eigenvalue weighted by molar-refractivity contribution is 0.107. The Labute approximate surface area is 174 Å². The minimum Gasteiger partial charge on any atom is -0.372 e. The molecule has 4 nitrogen and oxygen atoms in total. The summed E-state index contributed by atoms with van der Waals surface area (Å²) in [4.78, 5) is 4.64.